The van der Waals surface area contributed by atoms with Gasteiger partial charge in [0.05, 0.1) is 11.8 Å². The normalized spacial score (nSPS) is 20.2. The smallest absolute Gasteiger partial charge is 0.254 e. The molecule has 1 fully saturated rings. The average Bonchev–Trinajstić information content (AvgIpc) is 2.71. The van der Waals surface area contributed by atoms with Crippen molar-refractivity contribution in [2.24, 2.45) is 0 Å². The zero-order valence-corrected chi connectivity index (χ0v) is 8.89. The fourth-order valence-corrected chi connectivity index (χ4v) is 2.62. The Bertz CT molecular complexity index is 366. The summed E-state index contributed by atoms with van der Waals surface area (Å²) < 4.78 is 13.2. The van der Waals surface area contributed by atoms with Crippen LogP contribution in [0.1, 0.15) is 16.8 Å². The maximum atomic E-state index is 13.2. The number of pyridine rings is 1. The molecule has 0 radical (unpaired) electrons. The fourth-order valence-electron chi connectivity index (χ4n) is 1.47. The molecule has 80 valence electrons. The van der Waals surface area contributed by atoms with E-state index in [0.29, 0.717) is 0 Å². The second-order valence-electron chi connectivity index (χ2n) is 3.39. The summed E-state index contributed by atoms with van der Waals surface area (Å²) in [6.07, 6.45) is 3.43. The van der Waals surface area contributed by atoms with E-state index in [1.54, 1.807) is 11.8 Å². The largest absolute Gasteiger partial charge is 0.348 e. The molecule has 1 atom stereocenters. The number of halogens is 1. The van der Waals surface area contributed by atoms with Crippen LogP contribution in [0.3, 0.4) is 0 Å². The van der Waals surface area contributed by atoms with Gasteiger partial charge in [0.1, 0.15) is 0 Å². The lowest BCUT2D eigenvalue weighted by Gasteiger charge is -2.11. The van der Waals surface area contributed by atoms with Crippen LogP contribution in [0.2, 0.25) is 0 Å². The number of rotatable bonds is 2. The van der Waals surface area contributed by atoms with Crippen molar-refractivity contribution in [3.8, 4) is 0 Å². The lowest BCUT2D eigenvalue weighted by Crippen LogP contribution is -2.35. The topological polar surface area (TPSA) is 42.0 Å². The summed E-state index contributed by atoms with van der Waals surface area (Å²) in [6.45, 7) is 0. The summed E-state index contributed by atoms with van der Waals surface area (Å²) in [5, 5.41) is 2.81. The van der Waals surface area contributed by atoms with Crippen molar-refractivity contribution in [2.45, 2.75) is 12.5 Å². The Labute approximate surface area is 91.5 Å². The van der Waals surface area contributed by atoms with E-state index < -0.39 is 5.82 Å². The molecular weight excluding hydrogens is 215 g/mol. The molecule has 3 nitrogen and oxygen atoms in total. The molecule has 1 aromatic heterocycles. The lowest BCUT2D eigenvalue weighted by molar-refractivity contribution is 0.0937. The van der Waals surface area contributed by atoms with Gasteiger partial charge in [0, 0.05) is 18.0 Å². The molecule has 1 aliphatic rings. The highest BCUT2D eigenvalue weighted by Gasteiger charge is 2.19. The first-order valence-corrected chi connectivity index (χ1v) is 5.91. The van der Waals surface area contributed by atoms with Gasteiger partial charge < -0.3 is 5.32 Å². The lowest BCUT2D eigenvalue weighted by atomic mass is 10.2. The van der Waals surface area contributed by atoms with Crippen LogP contribution >= 0.6 is 11.8 Å². The molecule has 1 amide bonds. The van der Waals surface area contributed by atoms with Crippen molar-refractivity contribution < 1.29 is 9.18 Å². The molecule has 0 spiro atoms. The molecule has 2 rings (SSSR count). The van der Waals surface area contributed by atoms with Crippen molar-refractivity contribution in [1.29, 1.82) is 0 Å². The minimum absolute atomic E-state index is 0.0712. The SMILES string of the molecule is O=C(N[C@H]1CCSC1)c1ccncc1F. The summed E-state index contributed by atoms with van der Waals surface area (Å²) in [4.78, 5) is 15.2. The number of carbonyl (C=O) groups is 1. The van der Waals surface area contributed by atoms with E-state index >= 15 is 0 Å². The van der Waals surface area contributed by atoms with Crippen LogP contribution in [0.25, 0.3) is 0 Å². The zero-order valence-electron chi connectivity index (χ0n) is 8.07. The van der Waals surface area contributed by atoms with Gasteiger partial charge in [-0.05, 0) is 18.2 Å². The van der Waals surface area contributed by atoms with Crippen molar-refractivity contribution in [3.63, 3.8) is 0 Å². The summed E-state index contributed by atoms with van der Waals surface area (Å²) in [5.74, 6) is 1.06. The van der Waals surface area contributed by atoms with Crippen LogP contribution in [0.4, 0.5) is 4.39 Å². The fraction of sp³-hybridized carbons (Fsp3) is 0.400. The van der Waals surface area contributed by atoms with Crippen LogP contribution in [-0.2, 0) is 0 Å². The monoisotopic (exact) mass is 226 g/mol. The number of thioether (sulfide) groups is 1. The van der Waals surface area contributed by atoms with E-state index in [4.69, 9.17) is 0 Å². The highest BCUT2D eigenvalue weighted by Crippen LogP contribution is 2.17. The predicted molar refractivity (Wildman–Crippen MR) is 57.4 cm³/mol. The highest BCUT2D eigenvalue weighted by atomic mass is 32.2. The van der Waals surface area contributed by atoms with Crippen molar-refractivity contribution in [3.05, 3.63) is 29.8 Å². The molecule has 2 heterocycles. The minimum atomic E-state index is -0.569. The number of aromatic nitrogens is 1. The Balaban J connectivity index is 2.04. The number of hydrogen-bond acceptors (Lipinski definition) is 3. The van der Waals surface area contributed by atoms with Gasteiger partial charge in [-0.3, -0.25) is 9.78 Å². The third-order valence-electron chi connectivity index (χ3n) is 2.28. The van der Waals surface area contributed by atoms with E-state index in [1.165, 1.54) is 12.3 Å². The zero-order chi connectivity index (χ0) is 10.7. The molecule has 0 unspecified atom stereocenters. The molecule has 0 saturated carbocycles. The molecule has 1 saturated heterocycles. The molecule has 1 aromatic rings. The Hall–Kier alpha value is -1.10. The van der Waals surface area contributed by atoms with Crippen LogP contribution in [0.15, 0.2) is 18.5 Å². The third kappa shape index (κ3) is 2.47. The summed E-state index contributed by atoms with van der Waals surface area (Å²) in [7, 11) is 0. The van der Waals surface area contributed by atoms with Crippen molar-refractivity contribution >= 4 is 17.7 Å². The molecule has 0 aliphatic carbocycles. The minimum Gasteiger partial charge on any atom is -0.348 e. The van der Waals surface area contributed by atoms with Gasteiger partial charge in [-0.1, -0.05) is 0 Å². The first kappa shape index (κ1) is 10.4. The number of nitrogens with one attached hydrogen (secondary N) is 1. The maximum absolute atomic E-state index is 13.2. The Morgan fingerprint density at radius 3 is 3.20 bits per heavy atom. The van der Waals surface area contributed by atoms with E-state index in [2.05, 4.69) is 10.3 Å². The quantitative estimate of drug-likeness (QED) is 0.830. The van der Waals surface area contributed by atoms with E-state index in [1.807, 2.05) is 0 Å². The second-order valence-corrected chi connectivity index (χ2v) is 4.54. The van der Waals surface area contributed by atoms with Gasteiger partial charge in [0.2, 0.25) is 0 Å². The number of nitrogens with zero attached hydrogens (tertiary/aromatic N) is 1. The van der Waals surface area contributed by atoms with Gasteiger partial charge in [-0.15, -0.1) is 0 Å². The van der Waals surface area contributed by atoms with Crippen LogP contribution in [0.5, 0.6) is 0 Å². The molecule has 15 heavy (non-hydrogen) atoms. The van der Waals surface area contributed by atoms with Crippen LogP contribution < -0.4 is 5.32 Å². The van der Waals surface area contributed by atoms with Gasteiger partial charge in [-0.2, -0.15) is 11.8 Å². The van der Waals surface area contributed by atoms with Gasteiger partial charge >= 0.3 is 0 Å². The predicted octanol–water partition coefficient (Wildman–Crippen LogP) is 1.46. The van der Waals surface area contributed by atoms with Gasteiger partial charge in [-0.25, -0.2) is 4.39 Å². The molecule has 0 bridgehead atoms. The Kier molecular flexibility index (Phi) is 3.20. The summed E-state index contributed by atoms with van der Waals surface area (Å²) >= 11 is 1.80. The Morgan fingerprint density at radius 2 is 2.53 bits per heavy atom. The first-order valence-electron chi connectivity index (χ1n) is 4.75. The standard InChI is InChI=1S/C10H11FN2OS/c11-9-5-12-3-1-8(9)10(14)13-7-2-4-15-6-7/h1,3,5,7H,2,4,6H2,(H,13,14)/t7-/m0/s1. The summed E-state index contributed by atoms with van der Waals surface area (Å²) in [6, 6.07) is 1.57. The Morgan fingerprint density at radius 1 is 1.67 bits per heavy atom. The first-order chi connectivity index (χ1) is 7.27. The molecular formula is C10H11FN2OS. The highest BCUT2D eigenvalue weighted by molar-refractivity contribution is 7.99. The maximum Gasteiger partial charge on any atom is 0.254 e. The van der Waals surface area contributed by atoms with E-state index in [-0.39, 0.29) is 17.5 Å². The van der Waals surface area contributed by atoms with Crippen LogP contribution in [-0.4, -0.2) is 28.4 Å². The van der Waals surface area contributed by atoms with E-state index in [9.17, 15) is 9.18 Å². The van der Waals surface area contributed by atoms with Crippen molar-refractivity contribution in [1.82, 2.24) is 10.3 Å². The van der Waals surface area contributed by atoms with Crippen LogP contribution in [0, 0.1) is 5.82 Å². The number of hydrogen-bond donors (Lipinski definition) is 1. The third-order valence-corrected chi connectivity index (χ3v) is 3.44. The molecule has 1 aliphatic heterocycles. The summed E-state index contributed by atoms with van der Waals surface area (Å²) in [5.41, 5.74) is 0.0712. The molecule has 5 heteroatoms. The average molecular weight is 226 g/mol. The van der Waals surface area contributed by atoms with E-state index in [0.717, 1.165) is 24.1 Å². The van der Waals surface area contributed by atoms with Gasteiger partial charge in [0.15, 0.2) is 5.82 Å². The number of carbonyl (C=O) groups excluding carboxylic acids is 1. The second kappa shape index (κ2) is 4.61. The van der Waals surface area contributed by atoms with Crippen molar-refractivity contribution in [2.75, 3.05) is 11.5 Å². The number of amides is 1. The van der Waals surface area contributed by atoms with Gasteiger partial charge in [0.25, 0.3) is 5.91 Å². The molecule has 1 N–H and O–H groups in total. The molecule has 0 aromatic carbocycles.